The number of ether oxygens (including phenoxy) is 4. The molecule has 2 N–H and O–H groups in total. The van der Waals surface area contributed by atoms with Gasteiger partial charge in [0.25, 0.3) is 0 Å². The quantitative estimate of drug-likeness (QED) is 0.210. The molecule has 12 nitrogen and oxygen atoms in total. The predicted molar refractivity (Wildman–Crippen MR) is 188 cm³/mol. The van der Waals surface area contributed by atoms with Crippen molar-refractivity contribution in [2.75, 3.05) is 26.5 Å². The summed E-state index contributed by atoms with van der Waals surface area (Å²) in [6.45, 7) is 2.40. The third kappa shape index (κ3) is 7.82. The fourth-order valence-corrected chi connectivity index (χ4v) is 8.05. The zero-order chi connectivity index (χ0) is 35.3. The molecule has 2 aromatic rings. The van der Waals surface area contributed by atoms with Crippen LogP contribution >= 0.6 is 11.8 Å². The van der Waals surface area contributed by atoms with Gasteiger partial charge in [0.15, 0.2) is 0 Å². The summed E-state index contributed by atoms with van der Waals surface area (Å²) < 4.78 is 23.2. The van der Waals surface area contributed by atoms with Gasteiger partial charge in [0.05, 0.1) is 25.8 Å². The molecule has 3 heterocycles. The molecule has 1 aromatic carbocycles. The molecule has 2 aliphatic heterocycles. The third-order valence-electron chi connectivity index (χ3n) is 10.2. The largest absolute Gasteiger partial charge is 0.488 e. The van der Waals surface area contributed by atoms with Crippen LogP contribution in [0.4, 0.5) is 4.79 Å². The summed E-state index contributed by atoms with van der Waals surface area (Å²) in [6, 6.07) is 5.74. The zero-order valence-electron chi connectivity index (χ0n) is 29.1. The van der Waals surface area contributed by atoms with Gasteiger partial charge in [0.1, 0.15) is 35.6 Å². The zero-order valence-corrected chi connectivity index (χ0v) is 29.9. The maximum Gasteiger partial charge on any atom is 0.408 e. The number of nitrogens with zero attached hydrogens (tertiary/aromatic N) is 2. The van der Waals surface area contributed by atoms with E-state index >= 15 is 0 Å². The molecule has 1 saturated heterocycles. The lowest BCUT2D eigenvalue weighted by atomic mass is 10.0. The highest BCUT2D eigenvalue weighted by atomic mass is 32.2. The van der Waals surface area contributed by atoms with E-state index in [1.165, 1.54) is 12.0 Å². The molecule has 0 spiro atoms. The summed E-state index contributed by atoms with van der Waals surface area (Å²) in [5.74, 6) is -0.621. The van der Waals surface area contributed by atoms with E-state index in [0.29, 0.717) is 37.5 Å². The van der Waals surface area contributed by atoms with E-state index in [4.69, 9.17) is 23.9 Å². The van der Waals surface area contributed by atoms with Crippen molar-refractivity contribution in [1.29, 1.82) is 0 Å². The Balaban J connectivity index is 1.31. The van der Waals surface area contributed by atoms with Crippen LogP contribution in [0.5, 0.6) is 11.6 Å². The smallest absolute Gasteiger partial charge is 0.408 e. The number of methoxy groups -OCH3 is 1. The number of rotatable bonds is 8. The Labute approximate surface area is 297 Å². The molecule has 3 amide bonds. The second-order valence-electron chi connectivity index (χ2n) is 13.6. The molecule has 0 radical (unpaired) electrons. The number of pyridine rings is 1. The summed E-state index contributed by atoms with van der Waals surface area (Å²) in [5.41, 5.74) is -0.457. The number of amides is 3. The van der Waals surface area contributed by atoms with Gasteiger partial charge < -0.3 is 34.5 Å². The highest BCUT2D eigenvalue weighted by molar-refractivity contribution is 7.98. The number of hydrogen-bond donors (Lipinski definition) is 2. The molecule has 270 valence electrons. The van der Waals surface area contributed by atoms with Crippen LogP contribution in [0.25, 0.3) is 10.9 Å². The summed E-state index contributed by atoms with van der Waals surface area (Å²) >= 11 is 1.57. The molecule has 0 unspecified atom stereocenters. The average Bonchev–Trinajstić information content (AvgIpc) is 3.38. The van der Waals surface area contributed by atoms with Crippen LogP contribution in [-0.4, -0.2) is 90.1 Å². The summed E-state index contributed by atoms with van der Waals surface area (Å²) in [5, 5.41) is 6.61. The first-order valence-electron chi connectivity index (χ1n) is 17.9. The van der Waals surface area contributed by atoms with Gasteiger partial charge >= 0.3 is 12.1 Å². The first-order chi connectivity index (χ1) is 24.3. The maximum atomic E-state index is 14.5. The predicted octanol–water partition coefficient (Wildman–Crippen LogP) is 5.31. The minimum atomic E-state index is -1.19. The highest BCUT2D eigenvalue weighted by Crippen LogP contribution is 2.46. The Morgan fingerprint density at radius 3 is 2.66 bits per heavy atom. The van der Waals surface area contributed by atoms with E-state index in [9.17, 15) is 19.2 Å². The van der Waals surface area contributed by atoms with Crippen LogP contribution in [0.2, 0.25) is 0 Å². The van der Waals surface area contributed by atoms with Crippen LogP contribution in [0, 0.1) is 5.92 Å². The van der Waals surface area contributed by atoms with Gasteiger partial charge in [-0.25, -0.2) is 14.6 Å². The number of benzene rings is 1. The van der Waals surface area contributed by atoms with Crippen molar-refractivity contribution in [2.45, 2.75) is 112 Å². The molecule has 6 rings (SSSR count). The number of carbonyl (C=O) groups is 4. The van der Waals surface area contributed by atoms with Gasteiger partial charge in [-0.05, 0) is 76.7 Å². The average molecular weight is 709 g/mol. The van der Waals surface area contributed by atoms with Crippen molar-refractivity contribution in [3.8, 4) is 11.6 Å². The Morgan fingerprint density at radius 1 is 1.10 bits per heavy atom. The fraction of sp³-hybridized carbons (Fsp3) is 0.595. The molecular weight excluding hydrogens is 660 g/mol. The summed E-state index contributed by atoms with van der Waals surface area (Å²) in [7, 11) is 1.31. The topological polar surface area (TPSA) is 145 Å². The molecule has 0 bridgehead atoms. The van der Waals surface area contributed by atoms with Crippen molar-refractivity contribution in [2.24, 2.45) is 5.92 Å². The molecule has 4 aliphatic rings. The first kappa shape index (κ1) is 35.8. The first-order valence-corrected chi connectivity index (χ1v) is 19.1. The number of esters is 1. The number of thioether (sulfide) groups is 1. The van der Waals surface area contributed by atoms with Gasteiger partial charge in [0.2, 0.25) is 17.7 Å². The number of allylic oxidation sites excluding steroid dienone is 1. The number of aromatic nitrogens is 1. The van der Waals surface area contributed by atoms with Gasteiger partial charge in [-0.15, -0.1) is 11.8 Å². The fourth-order valence-electron chi connectivity index (χ4n) is 7.48. The van der Waals surface area contributed by atoms with Crippen molar-refractivity contribution >= 4 is 46.5 Å². The van der Waals surface area contributed by atoms with Gasteiger partial charge in [-0.1, -0.05) is 31.1 Å². The Hall–Kier alpha value is -4.00. The van der Waals surface area contributed by atoms with Crippen LogP contribution < -0.4 is 20.1 Å². The molecule has 2 saturated carbocycles. The monoisotopic (exact) mass is 708 g/mol. The number of carbonyl (C=O) groups excluding carboxylic acids is 4. The van der Waals surface area contributed by atoms with E-state index in [2.05, 4.69) is 10.6 Å². The van der Waals surface area contributed by atoms with E-state index in [1.54, 1.807) is 17.8 Å². The third-order valence-corrected chi connectivity index (χ3v) is 11.0. The van der Waals surface area contributed by atoms with Crippen molar-refractivity contribution < 1.29 is 38.1 Å². The second kappa shape index (κ2) is 15.9. The lowest BCUT2D eigenvalue weighted by Crippen LogP contribution is -2.56. The minimum Gasteiger partial charge on any atom is -0.488 e. The molecule has 5 atom stereocenters. The van der Waals surface area contributed by atoms with Crippen molar-refractivity contribution in [3.63, 3.8) is 0 Å². The van der Waals surface area contributed by atoms with E-state index in [1.807, 2.05) is 43.5 Å². The normalized spacial score (nSPS) is 27.4. The van der Waals surface area contributed by atoms with Crippen LogP contribution in [0.15, 0.2) is 41.3 Å². The summed E-state index contributed by atoms with van der Waals surface area (Å²) in [6.07, 6.45) is 12.5. The number of nitrogens with one attached hydrogen (secondary N) is 2. The van der Waals surface area contributed by atoms with Crippen LogP contribution in [0.3, 0.4) is 0 Å². The van der Waals surface area contributed by atoms with Gasteiger partial charge in [-0.3, -0.25) is 9.59 Å². The van der Waals surface area contributed by atoms with E-state index in [-0.39, 0.29) is 30.9 Å². The number of para-hydroxylation sites is 1. The minimum absolute atomic E-state index is 0.0946. The molecule has 13 heteroatoms. The standard InChI is InChI=1S/C37H48N4O8S/c1-4-47-31-20-29(26-16-12-18-30(50-3)32(26)39-31)48-25-19-28-33(42)40-37(35(44)46-2)21-23(37)13-8-6-5-7-9-17-27(34(43)41(28)22-25)38-36(45)49-24-14-10-11-15-24/h8,12-13,16,18,20,23-25,27-28H,4-7,9-11,14-15,17,19,21-22H2,1-3H3,(H,38,45)(H,40,42)/t23-,25-,27+,28+,37-/m1/s1. The van der Waals surface area contributed by atoms with E-state index < -0.39 is 41.7 Å². The Bertz CT molecular complexity index is 1610. The maximum absolute atomic E-state index is 14.5. The molecule has 3 fully saturated rings. The van der Waals surface area contributed by atoms with Gasteiger partial charge in [-0.2, -0.15) is 0 Å². The van der Waals surface area contributed by atoms with Gasteiger partial charge in [0, 0.05) is 28.7 Å². The number of hydrogen-bond acceptors (Lipinski definition) is 10. The lowest BCUT2D eigenvalue weighted by molar-refractivity contribution is -0.148. The number of fused-ring (bicyclic) bond motifs is 3. The molecule has 2 aliphatic carbocycles. The number of alkyl carbamates (subject to hydrolysis) is 1. The van der Waals surface area contributed by atoms with Crippen LogP contribution in [0.1, 0.15) is 77.6 Å². The second-order valence-corrected chi connectivity index (χ2v) is 14.4. The van der Waals surface area contributed by atoms with Crippen molar-refractivity contribution in [1.82, 2.24) is 20.5 Å². The molecule has 1 aromatic heterocycles. The SMILES string of the molecule is CCOc1cc(O[C@@H]2C[C@H]3C(=O)N[C@]4(C(=O)OC)C[C@H]4C=CCCCCC[C@H](NC(=O)OC4CCCC4)C(=O)N3C2)c2cccc(SC)c2n1. The highest BCUT2D eigenvalue weighted by Gasteiger charge is 2.62. The van der Waals surface area contributed by atoms with Crippen molar-refractivity contribution in [3.05, 3.63) is 36.4 Å². The lowest BCUT2D eigenvalue weighted by Gasteiger charge is -2.29. The summed E-state index contributed by atoms with van der Waals surface area (Å²) in [4.78, 5) is 62.0. The van der Waals surface area contributed by atoms with E-state index in [0.717, 1.165) is 60.7 Å². The van der Waals surface area contributed by atoms with Crippen LogP contribution in [-0.2, 0) is 23.9 Å². The Kier molecular flexibility index (Phi) is 11.4. The molecular formula is C37H48N4O8S. The Morgan fingerprint density at radius 2 is 1.90 bits per heavy atom. The molecule has 50 heavy (non-hydrogen) atoms.